The molecule has 1 fully saturated rings. The maximum Gasteiger partial charge on any atom is 0.0946 e. The lowest BCUT2D eigenvalue weighted by Crippen LogP contribution is -2.42. The van der Waals surface area contributed by atoms with Crippen LogP contribution in [0.4, 0.5) is 0 Å². The highest BCUT2D eigenvalue weighted by atomic mass is 32.1. The van der Waals surface area contributed by atoms with Gasteiger partial charge in [0.25, 0.3) is 0 Å². The summed E-state index contributed by atoms with van der Waals surface area (Å²) < 4.78 is 1.67. The number of likely N-dealkylation sites (tertiary alicyclic amines) is 1. The van der Waals surface area contributed by atoms with Gasteiger partial charge in [0.15, 0.2) is 0 Å². The van der Waals surface area contributed by atoms with E-state index < -0.39 is 8.07 Å². The first kappa shape index (κ1) is 13.3. The molecule has 0 atom stereocenters. The first-order chi connectivity index (χ1) is 8.18. The lowest BCUT2D eigenvalue weighted by molar-refractivity contribution is 0.300. The third kappa shape index (κ3) is 3.93. The highest BCUT2D eigenvalue weighted by molar-refractivity contribution is 7.25. The van der Waals surface area contributed by atoms with E-state index >= 15 is 0 Å². The van der Waals surface area contributed by atoms with Crippen LogP contribution in [0.1, 0.15) is 25.7 Å². The standard InChI is InChI=1S/C14H25NSSi/c1-17(2,14-8-7-12-16-14)13-11-15-9-5-3-4-6-10-15/h7-8,12H,3-6,9-11,13H2,1-2H3. The Morgan fingerprint density at radius 2 is 1.88 bits per heavy atom. The zero-order valence-corrected chi connectivity index (χ0v) is 13.1. The van der Waals surface area contributed by atoms with Crippen LogP contribution in [-0.2, 0) is 0 Å². The minimum atomic E-state index is -1.15. The summed E-state index contributed by atoms with van der Waals surface area (Å²) in [7, 11) is -1.15. The van der Waals surface area contributed by atoms with E-state index in [1.54, 1.807) is 4.50 Å². The summed E-state index contributed by atoms with van der Waals surface area (Å²) >= 11 is 1.96. The molecule has 0 spiro atoms. The number of hydrogen-bond donors (Lipinski definition) is 0. The van der Waals surface area contributed by atoms with Gasteiger partial charge in [-0.05, 0) is 48.4 Å². The van der Waals surface area contributed by atoms with Gasteiger partial charge in [-0.2, -0.15) is 11.3 Å². The molecule has 0 amide bonds. The molecule has 2 rings (SSSR count). The van der Waals surface area contributed by atoms with Crippen LogP contribution in [0.25, 0.3) is 0 Å². The van der Waals surface area contributed by atoms with Crippen LogP contribution in [-0.4, -0.2) is 32.6 Å². The van der Waals surface area contributed by atoms with Crippen LogP contribution >= 0.6 is 11.3 Å². The predicted molar refractivity (Wildman–Crippen MR) is 81.2 cm³/mol. The van der Waals surface area contributed by atoms with Crippen LogP contribution in [0, 0.1) is 0 Å². The van der Waals surface area contributed by atoms with E-state index in [1.165, 1.54) is 51.4 Å². The quantitative estimate of drug-likeness (QED) is 0.754. The van der Waals surface area contributed by atoms with E-state index in [-0.39, 0.29) is 0 Å². The third-order valence-electron chi connectivity index (χ3n) is 3.94. The molecule has 1 aromatic rings. The molecular formula is C14H25NSSi. The number of thiophene rings is 1. The summed E-state index contributed by atoms with van der Waals surface area (Å²) in [5.74, 6) is 0. The molecule has 0 N–H and O–H groups in total. The first-order valence-electron chi connectivity index (χ1n) is 6.95. The normalized spacial score (nSPS) is 19.2. The maximum absolute atomic E-state index is 2.70. The molecule has 0 bridgehead atoms. The Balaban J connectivity index is 1.84. The molecule has 17 heavy (non-hydrogen) atoms. The molecule has 0 radical (unpaired) electrons. The van der Waals surface area contributed by atoms with Gasteiger partial charge >= 0.3 is 0 Å². The zero-order valence-electron chi connectivity index (χ0n) is 11.2. The van der Waals surface area contributed by atoms with Crippen LogP contribution < -0.4 is 4.50 Å². The van der Waals surface area contributed by atoms with Crippen molar-refractivity contribution in [2.24, 2.45) is 0 Å². The predicted octanol–water partition coefficient (Wildman–Crippen LogP) is 3.54. The van der Waals surface area contributed by atoms with Gasteiger partial charge in [-0.15, -0.1) is 0 Å². The molecule has 3 heteroatoms. The Labute approximate surface area is 111 Å². The van der Waals surface area contributed by atoms with E-state index in [4.69, 9.17) is 0 Å². The molecule has 1 nitrogen and oxygen atoms in total. The lowest BCUT2D eigenvalue weighted by atomic mass is 10.2. The summed E-state index contributed by atoms with van der Waals surface area (Å²) in [5.41, 5.74) is 0. The fraction of sp³-hybridized carbons (Fsp3) is 0.714. The molecule has 1 aliphatic rings. The van der Waals surface area contributed by atoms with E-state index in [0.29, 0.717) is 0 Å². The van der Waals surface area contributed by atoms with Crippen molar-refractivity contribution in [3.8, 4) is 0 Å². The monoisotopic (exact) mass is 267 g/mol. The topological polar surface area (TPSA) is 3.24 Å². The lowest BCUT2D eigenvalue weighted by Gasteiger charge is -2.26. The summed E-state index contributed by atoms with van der Waals surface area (Å²) in [6.45, 7) is 9.06. The smallest absolute Gasteiger partial charge is 0.0946 e. The van der Waals surface area contributed by atoms with E-state index in [2.05, 4.69) is 35.5 Å². The van der Waals surface area contributed by atoms with Gasteiger partial charge in [0, 0.05) is 0 Å². The summed E-state index contributed by atoms with van der Waals surface area (Å²) in [6.07, 6.45) is 5.73. The number of rotatable bonds is 4. The highest BCUT2D eigenvalue weighted by Crippen LogP contribution is 2.16. The van der Waals surface area contributed by atoms with Gasteiger partial charge in [0.2, 0.25) is 0 Å². The molecular weight excluding hydrogens is 242 g/mol. The number of hydrogen-bond acceptors (Lipinski definition) is 2. The van der Waals surface area contributed by atoms with Crippen molar-refractivity contribution in [2.45, 2.75) is 44.8 Å². The van der Waals surface area contributed by atoms with Crippen LogP contribution in [0.15, 0.2) is 17.5 Å². The Morgan fingerprint density at radius 1 is 1.18 bits per heavy atom. The molecule has 1 aromatic heterocycles. The minimum absolute atomic E-state index is 1.15. The Hall–Kier alpha value is -0.123. The fourth-order valence-electron chi connectivity index (χ4n) is 2.58. The summed E-state index contributed by atoms with van der Waals surface area (Å²) in [6, 6.07) is 5.98. The zero-order chi connectivity index (χ0) is 12.1. The Bertz CT molecular complexity index is 313. The second-order valence-electron chi connectivity index (χ2n) is 5.87. The molecule has 1 saturated heterocycles. The van der Waals surface area contributed by atoms with Crippen molar-refractivity contribution in [3.05, 3.63) is 17.5 Å². The maximum atomic E-state index is 2.70. The molecule has 1 aliphatic heterocycles. The number of nitrogens with zero attached hydrogens (tertiary/aromatic N) is 1. The van der Waals surface area contributed by atoms with E-state index in [0.717, 1.165) is 0 Å². The van der Waals surface area contributed by atoms with Crippen LogP contribution in [0.5, 0.6) is 0 Å². The minimum Gasteiger partial charge on any atom is -0.304 e. The van der Waals surface area contributed by atoms with Crippen molar-refractivity contribution in [2.75, 3.05) is 19.6 Å². The molecule has 96 valence electrons. The summed E-state index contributed by atoms with van der Waals surface area (Å²) in [5, 5.41) is 2.23. The highest BCUT2D eigenvalue weighted by Gasteiger charge is 2.25. The van der Waals surface area contributed by atoms with Crippen molar-refractivity contribution in [1.82, 2.24) is 4.90 Å². The molecule has 0 unspecified atom stereocenters. The van der Waals surface area contributed by atoms with Crippen LogP contribution in [0.2, 0.25) is 19.1 Å². The SMILES string of the molecule is C[Si](C)(CCN1CCCCCC1)c1cccs1. The van der Waals surface area contributed by atoms with Gasteiger partial charge < -0.3 is 4.90 Å². The largest absolute Gasteiger partial charge is 0.304 e. The average molecular weight is 268 g/mol. The van der Waals surface area contributed by atoms with Gasteiger partial charge in [0.1, 0.15) is 0 Å². The third-order valence-corrected chi connectivity index (χ3v) is 9.61. The van der Waals surface area contributed by atoms with Crippen molar-refractivity contribution in [3.63, 3.8) is 0 Å². The summed E-state index contributed by atoms with van der Waals surface area (Å²) in [4.78, 5) is 2.70. The Kier molecular flexibility index (Phi) is 4.83. The van der Waals surface area contributed by atoms with Gasteiger partial charge in [-0.3, -0.25) is 0 Å². The average Bonchev–Trinajstić information content (AvgIpc) is 2.72. The van der Waals surface area contributed by atoms with E-state index in [9.17, 15) is 0 Å². The van der Waals surface area contributed by atoms with Crippen LogP contribution in [0.3, 0.4) is 0 Å². The molecule has 0 saturated carbocycles. The fourth-order valence-corrected chi connectivity index (χ4v) is 6.50. The second kappa shape index (κ2) is 6.16. The second-order valence-corrected chi connectivity index (χ2v) is 12.0. The molecule has 0 aromatic carbocycles. The van der Waals surface area contributed by atoms with Crippen molar-refractivity contribution >= 4 is 23.9 Å². The molecule has 2 heterocycles. The van der Waals surface area contributed by atoms with Gasteiger partial charge in [-0.1, -0.05) is 38.1 Å². The van der Waals surface area contributed by atoms with Crippen molar-refractivity contribution < 1.29 is 0 Å². The first-order valence-corrected chi connectivity index (χ1v) is 11.0. The van der Waals surface area contributed by atoms with E-state index in [1.807, 2.05) is 11.3 Å². The van der Waals surface area contributed by atoms with Gasteiger partial charge in [0.05, 0.1) is 8.07 Å². The van der Waals surface area contributed by atoms with Crippen molar-refractivity contribution in [1.29, 1.82) is 0 Å². The Morgan fingerprint density at radius 3 is 2.47 bits per heavy atom. The molecule has 0 aliphatic carbocycles. The van der Waals surface area contributed by atoms with Gasteiger partial charge in [-0.25, -0.2) is 0 Å².